The minimum Gasteiger partial charge on any atom is -0.451 e. The molecule has 0 saturated heterocycles. The molecule has 4 heteroatoms. The molecule has 0 unspecified atom stereocenters. The molecule has 1 heterocycles. The first-order valence-electron chi connectivity index (χ1n) is 4.80. The van der Waals surface area contributed by atoms with E-state index in [4.69, 9.17) is 16.3 Å². The van der Waals surface area contributed by atoms with Gasteiger partial charge in [0.25, 0.3) is 0 Å². The maximum Gasteiger partial charge on any atom is 0.172 e. The Bertz CT molecular complexity index is 556. The largest absolute Gasteiger partial charge is 0.451 e. The standard InChI is InChI=1S/C12H7ClNO2/c13-8-4-3-6-10-12(8)16-11-7-2-1-5-9(11)14(10)15/h1-7H. The van der Waals surface area contributed by atoms with Gasteiger partial charge in [0.15, 0.2) is 11.5 Å². The third kappa shape index (κ3) is 1.26. The lowest BCUT2D eigenvalue weighted by molar-refractivity contribution is 0.188. The van der Waals surface area contributed by atoms with Gasteiger partial charge in [0.2, 0.25) is 0 Å². The molecule has 0 aliphatic carbocycles. The molecule has 2 aromatic carbocycles. The lowest BCUT2D eigenvalue weighted by atomic mass is 10.2. The molecule has 1 radical (unpaired) electrons. The van der Waals surface area contributed by atoms with E-state index in [0.29, 0.717) is 27.9 Å². The van der Waals surface area contributed by atoms with Crippen molar-refractivity contribution in [1.29, 1.82) is 0 Å². The van der Waals surface area contributed by atoms with E-state index in [1.807, 2.05) is 6.07 Å². The Balaban J connectivity index is 2.22. The summed E-state index contributed by atoms with van der Waals surface area (Å²) in [6.07, 6.45) is 0. The zero-order valence-electron chi connectivity index (χ0n) is 8.18. The molecule has 0 aromatic heterocycles. The summed E-state index contributed by atoms with van der Waals surface area (Å²) in [5, 5.41) is 13.3. The predicted molar refractivity (Wildman–Crippen MR) is 60.8 cm³/mol. The molecule has 0 spiro atoms. The third-order valence-corrected chi connectivity index (χ3v) is 2.76. The number of benzene rings is 2. The highest BCUT2D eigenvalue weighted by atomic mass is 35.5. The monoisotopic (exact) mass is 232 g/mol. The smallest absolute Gasteiger partial charge is 0.172 e. The first-order chi connectivity index (χ1) is 7.77. The summed E-state index contributed by atoms with van der Waals surface area (Å²) < 4.78 is 5.60. The van der Waals surface area contributed by atoms with Crippen molar-refractivity contribution in [2.24, 2.45) is 0 Å². The predicted octanol–water partition coefficient (Wildman–Crippen LogP) is 3.93. The van der Waals surface area contributed by atoms with E-state index >= 15 is 0 Å². The van der Waals surface area contributed by atoms with Crippen LogP contribution in [0.5, 0.6) is 11.5 Å². The second-order valence-electron chi connectivity index (χ2n) is 3.45. The SMILES string of the molecule is [O]N1c2ccccc2Oc2c(Cl)cccc21. The first-order valence-corrected chi connectivity index (χ1v) is 5.18. The van der Waals surface area contributed by atoms with Gasteiger partial charge in [-0.15, -0.1) is 0 Å². The Morgan fingerprint density at radius 1 is 1.00 bits per heavy atom. The number of hydrogen-bond acceptors (Lipinski definition) is 2. The molecular formula is C12H7ClNO2. The lowest BCUT2D eigenvalue weighted by Crippen LogP contribution is -2.14. The van der Waals surface area contributed by atoms with E-state index in [-0.39, 0.29) is 0 Å². The van der Waals surface area contributed by atoms with Crippen LogP contribution in [0.15, 0.2) is 42.5 Å². The first kappa shape index (κ1) is 9.51. The van der Waals surface area contributed by atoms with E-state index in [9.17, 15) is 5.21 Å². The number of fused-ring (bicyclic) bond motifs is 2. The summed E-state index contributed by atoms with van der Waals surface area (Å²) >= 11 is 5.98. The Morgan fingerprint density at radius 3 is 2.62 bits per heavy atom. The van der Waals surface area contributed by atoms with Crippen molar-refractivity contribution in [3.05, 3.63) is 47.5 Å². The van der Waals surface area contributed by atoms with E-state index in [1.54, 1.807) is 36.4 Å². The van der Waals surface area contributed by atoms with Crippen molar-refractivity contribution in [3.63, 3.8) is 0 Å². The van der Waals surface area contributed by atoms with Gasteiger partial charge in [-0.05, 0) is 24.3 Å². The Kier molecular flexibility index (Phi) is 2.02. The summed E-state index contributed by atoms with van der Waals surface area (Å²) in [4.78, 5) is 0. The second-order valence-corrected chi connectivity index (χ2v) is 3.86. The van der Waals surface area contributed by atoms with Gasteiger partial charge in [0.05, 0.1) is 5.02 Å². The number of halogens is 1. The number of rotatable bonds is 0. The summed E-state index contributed by atoms with van der Waals surface area (Å²) in [6, 6.07) is 12.2. The molecule has 0 N–H and O–H groups in total. The minimum atomic E-state index is 0.415. The molecule has 0 fully saturated rings. The van der Waals surface area contributed by atoms with Crippen molar-refractivity contribution in [1.82, 2.24) is 0 Å². The van der Waals surface area contributed by atoms with Crippen LogP contribution in [0.4, 0.5) is 11.4 Å². The second kappa shape index (κ2) is 3.40. The number of para-hydroxylation sites is 3. The highest BCUT2D eigenvalue weighted by molar-refractivity contribution is 6.32. The molecule has 2 aromatic rings. The highest BCUT2D eigenvalue weighted by Gasteiger charge is 2.25. The fourth-order valence-corrected chi connectivity index (χ4v) is 1.92. The van der Waals surface area contributed by atoms with Crippen LogP contribution in [-0.2, 0) is 5.21 Å². The topological polar surface area (TPSA) is 32.4 Å². The zero-order valence-corrected chi connectivity index (χ0v) is 8.94. The molecule has 1 aliphatic heterocycles. The van der Waals surface area contributed by atoms with Crippen molar-refractivity contribution in [3.8, 4) is 11.5 Å². The van der Waals surface area contributed by atoms with E-state index < -0.39 is 0 Å². The van der Waals surface area contributed by atoms with Crippen molar-refractivity contribution >= 4 is 23.0 Å². The van der Waals surface area contributed by atoms with Crippen molar-refractivity contribution in [2.75, 3.05) is 5.06 Å². The molecule has 0 amide bonds. The van der Waals surface area contributed by atoms with E-state index in [2.05, 4.69) is 0 Å². The molecule has 1 aliphatic rings. The number of anilines is 2. The zero-order chi connectivity index (χ0) is 11.1. The summed E-state index contributed by atoms with van der Waals surface area (Å²) in [5.41, 5.74) is 0.934. The van der Waals surface area contributed by atoms with Gasteiger partial charge in [-0.25, -0.2) is 0 Å². The van der Waals surface area contributed by atoms with Crippen molar-refractivity contribution < 1.29 is 9.94 Å². The lowest BCUT2D eigenvalue weighted by Gasteiger charge is -2.26. The van der Waals surface area contributed by atoms with Gasteiger partial charge in [0, 0.05) is 0 Å². The molecule has 0 bridgehead atoms. The van der Waals surface area contributed by atoms with Crippen LogP contribution < -0.4 is 9.80 Å². The van der Waals surface area contributed by atoms with Gasteiger partial charge in [-0.3, -0.25) is 0 Å². The molecule has 0 atom stereocenters. The van der Waals surface area contributed by atoms with E-state index in [0.717, 1.165) is 5.06 Å². The minimum absolute atomic E-state index is 0.415. The molecule has 3 nitrogen and oxygen atoms in total. The summed E-state index contributed by atoms with van der Waals surface area (Å²) in [7, 11) is 0. The van der Waals surface area contributed by atoms with Gasteiger partial charge in [0.1, 0.15) is 11.4 Å². The molecular weight excluding hydrogens is 226 g/mol. The highest BCUT2D eigenvalue weighted by Crippen LogP contribution is 2.48. The Morgan fingerprint density at radius 2 is 1.75 bits per heavy atom. The van der Waals surface area contributed by atoms with Crippen LogP contribution in [0, 0.1) is 0 Å². The maximum absolute atomic E-state index is 12.0. The molecule has 0 saturated carbocycles. The average molecular weight is 233 g/mol. The van der Waals surface area contributed by atoms with Gasteiger partial charge < -0.3 is 4.74 Å². The van der Waals surface area contributed by atoms with Gasteiger partial charge in [-0.1, -0.05) is 35.0 Å². The molecule has 16 heavy (non-hydrogen) atoms. The molecule has 3 rings (SSSR count). The third-order valence-electron chi connectivity index (χ3n) is 2.46. The molecule has 79 valence electrons. The van der Waals surface area contributed by atoms with Gasteiger partial charge >= 0.3 is 0 Å². The van der Waals surface area contributed by atoms with Crippen LogP contribution in [0.1, 0.15) is 0 Å². The number of ether oxygens (including phenoxy) is 1. The van der Waals surface area contributed by atoms with Crippen LogP contribution >= 0.6 is 11.6 Å². The summed E-state index contributed by atoms with van der Waals surface area (Å²) in [5.74, 6) is 0.941. The van der Waals surface area contributed by atoms with Crippen molar-refractivity contribution in [2.45, 2.75) is 0 Å². The van der Waals surface area contributed by atoms with Crippen LogP contribution in [-0.4, -0.2) is 0 Å². The number of nitrogens with zero attached hydrogens (tertiary/aromatic N) is 1. The quantitative estimate of drug-likeness (QED) is 0.689. The Hall–Kier alpha value is -1.71. The van der Waals surface area contributed by atoms with E-state index in [1.165, 1.54) is 0 Å². The maximum atomic E-state index is 12.0. The van der Waals surface area contributed by atoms with Crippen LogP contribution in [0.25, 0.3) is 0 Å². The average Bonchev–Trinajstić information content (AvgIpc) is 2.31. The van der Waals surface area contributed by atoms with Crippen LogP contribution in [0.2, 0.25) is 5.02 Å². The number of hydrogen-bond donors (Lipinski definition) is 0. The fraction of sp³-hybridized carbons (Fsp3) is 0. The van der Waals surface area contributed by atoms with Gasteiger partial charge in [-0.2, -0.15) is 5.06 Å². The Labute approximate surface area is 97.4 Å². The summed E-state index contributed by atoms with van der Waals surface area (Å²) in [6.45, 7) is 0. The normalized spacial score (nSPS) is 12.8. The fourth-order valence-electron chi connectivity index (χ4n) is 1.71. The van der Waals surface area contributed by atoms with Crippen LogP contribution in [0.3, 0.4) is 0 Å².